The second-order valence-electron chi connectivity index (χ2n) is 10.1. The van der Waals surface area contributed by atoms with Gasteiger partial charge < -0.3 is 20.1 Å². The molecule has 0 saturated carbocycles. The van der Waals surface area contributed by atoms with Gasteiger partial charge in [0.1, 0.15) is 0 Å². The summed E-state index contributed by atoms with van der Waals surface area (Å²) in [7, 11) is 0. The van der Waals surface area contributed by atoms with Crippen LogP contribution in [0.4, 0.5) is 11.5 Å². The van der Waals surface area contributed by atoms with Crippen LogP contribution in [0.5, 0.6) is 0 Å². The van der Waals surface area contributed by atoms with E-state index in [9.17, 15) is 4.79 Å². The minimum atomic E-state index is -0.200. The van der Waals surface area contributed by atoms with E-state index in [1.165, 1.54) is 6.42 Å². The molecule has 8 nitrogen and oxygen atoms in total. The van der Waals surface area contributed by atoms with E-state index in [0.29, 0.717) is 40.1 Å². The summed E-state index contributed by atoms with van der Waals surface area (Å²) in [6.07, 6.45) is 2.97. The van der Waals surface area contributed by atoms with Gasteiger partial charge in [0.2, 0.25) is 0 Å². The Morgan fingerprint density at radius 3 is 2.62 bits per heavy atom. The van der Waals surface area contributed by atoms with Crippen LogP contribution in [0.1, 0.15) is 22.3 Å². The lowest BCUT2D eigenvalue weighted by Gasteiger charge is -2.29. The van der Waals surface area contributed by atoms with E-state index in [1.807, 2.05) is 71.3 Å². The molecule has 196 valence electrons. The first-order valence-electron chi connectivity index (χ1n) is 12.9. The van der Waals surface area contributed by atoms with Crippen molar-refractivity contribution >= 4 is 51.6 Å². The normalized spacial score (nSPS) is 18.3. The number of rotatable bonds is 6. The molecule has 2 atom stereocenters. The van der Waals surface area contributed by atoms with Crippen LogP contribution in [-0.4, -0.2) is 50.8 Å². The summed E-state index contributed by atoms with van der Waals surface area (Å²) in [6, 6.07) is 22.2. The van der Waals surface area contributed by atoms with E-state index in [0.717, 1.165) is 46.6 Å². The third-order valence-electron chi connectivity index (χ3n) is 7.66. The fourth-order valence-electron chi connectivity index (χ4n) is 5.61. The zero-order chi connectivity index (χ0) is 26.5. The van der Waals surface area contributed by atoms with Gasteiger partial charge in [-0.15, -0.1) is 0 Å². The van der Waals surface area contributed by atoms with Crippen molar-refractivity contribution in [1.29, 1.82) is 0 Å². The molecule has 4 heterocycles. The fourth-order valence-corrected chi connectivity index (χ4v) is 6.12. The van der Waals surface area contributed by atoms with E-state index < -0.39 is 0 Å². The topological polar surface area (TPSA) is 90.9 Å². The first-order chi connectivity index (χ1) is 19.0. The Balaban J connectivity index is 1.07. The number of hydrogen-bond donors (Lipinski definition) is 3. The maximum Gasteiger partial charge on any atom is 0.256 e. The Kier molecular flexibility index (Phi) is 6.03. The van der Waals surface area contributed by atoms with Crippen molar-refractivity contribution in [2.45, 2.75) is 25.0 Å². The minimum absolute atomic E-state index is 0.200. The first-order valence-corrected chi connectivity index (χ1v) is 13.6. The number of amides is 1. The zero-order valence-corrected chi connectivity index (χ0v) is 22.4. The zero-order valence-electron chi connectivity index (χ0n) is 20.9. The van der Waals surface area contributed by atoms with E-state index in [2.05, 4.69) is 30.7 Å². The Morgan fingerprint density at radius 2 is 1.87 bits per heavy atom. The molecule has 0 spiro atoms. The van der Waals surface area contributed by atoms with Crippen molar-refractivity contribution < 1.29 is 4.79 Å². The lowest BCUT2D eigenvalue weighted by Crippen LogP contribution is -2.43. The van der Waals surface area contributed by atoms with Gasteiger partial charge in [0.05, 0.1) is 29.6 Å². The number of imidazole rings is 1. The second kappa shape index (κ2) is 9.72. The molecule has 0 radical (unpaired) electrons. The van der Waals surface area contributed by atoms with Crippen molar-refractivity contribution in [1.82, 2.24) is 25.1 Å². The summed E-state index contributed by atoms with van der Waals surface area (Å²) in [5.41, 5.74) is 6.09. The number of aromatic amines is 1. The van der Waals surface area contributed by atoms with Crippen LogP contribution in [0.3, 0.4) is 0 Å². The summed E-state index contributed by atoms with van der Waals surface area (Å²) < 4.78 is 2.01. The van der Waals surface area contributed by atoms with Crippen LogP contribution in [0.25, 0.3) is 22.3 Å². The van der Waals surface area contributed by atoms with Gasteiger partial charge in [-0.1, -0.05) is 35.3 Å². The number of carbonyl (C=O) groups is 1. The maximum atomic E-state index is 12.9. The smallest absolute Gasteiger partial charge is 0.256 e. The number of benzene rings is 3. The number of fused-ring (bicyclic) bond motifs is 3. The van der Waals surface area contributed by atoms with E-state index in [-0.39, 0.29) is 5.91 Å². The van der Waals surface area contributed by atoms with Gasteiger partial charge in [-0.3, -0.25) is 9.89 Å². The van der Waals surface area contributed by atoms with Crippen molar-refractivity contribution in [2.75, 3.05) is 23.3 Å². The number of aromatic nitrogens is 4. The van der Waals surface area contributed by atoms with Gasteiger partial charge in [0.15, 0.2) is 5.82 Å². The molecule has 2 aliphatic heterocycles. The highest BCUT2D eigenvalue weighted by Gasteiger charge is 2.37. The van der Waals surface area contributed by atoms with Gasteiger partial charge in [-0.2, -0.15) is 5.10 Å². The number of piperazine rings is 1. The highest BCUT2D eigenvalue weighted by molar-refractivity contribution is 6.36. The van der Waals surface area contributed by atoms with E-state index in [1.54, 1.807) is 6.33 Å². The van der Waals surface area contributed by atoms with Crippen LogP contribution in [0, 0.1) is 0 Å². The van der Waals surface area contributed by atoms with Gasteiger partial charge in [0.25, 0.3) is 5.91 Å². The highest BCUT2D eigenvalue weighted by atomic mass is 35.5. The summed E-state index contributed by atoms with van der Waals surface area (Å²) in [5.74, 6) is 0.257. The summed E-state index contributed by atoms with van der Waals surface area (Å²) in [4.78, 5) is 19.9. The average Bonchev–Trinajstić information content (AvgIpc) is 3.76. The Hall–Kier alpha value is -3.85. The second-order valence-corrected chi connectivity index (χ2v) is 10.9. The first kappa shape index (κ1) is 24.2. The van der Waals surface area contributed by atoms with Crippen molar-refractivity contribution in [3.63, 3.8) is 0 Å². The third kappa shape index (κ3) is 4.54. The maximum absolute atomic E-state index is 12.9. The summed E-state index contributed by atoms with van der Waals surface area (Å²) in [5, 5.41) is 15.0. The number of nitrogens with zero attached hydrogens (tertiary/aromatic N) is 4. The van der Waals surface area contributed by atoms with Crippen molar-refractivity contribution in [3.05, 3.63) is 94.2 Å². The Morgan fingerprint density at radius 1 is 1.05 bits per heavy atom. The van der Waals surface area contributed by atoms with Crippen molar-refractivity contribution in [3.8, 4) is 11.3 Å². The standard InChI is InChI=1S/C29H25Cl2N7O/c30-23-2-1-3-24(31)22(23)15-37-16-33-25-9-6-18(10-27(25)37)26-12-28(36-35-26)34-29(39)17-4-7-20(8-5-17)38-14-19-11-21(38)13-32-19/h1-10,12,16,19,21,32H,11,13-15H2,(H2,34,35,36,39). The van der Waals surface area contributed by atoms with Crippen LogP contribution < -0.4 is 15.5 Å². The van der Waals surface area contributed by atoms with Crippen molar-refractivity contribution in [2.24, 2.45) is 0 Å². The third-order valence-corrected chi connectivity index (χ3v) is 8.37. The van der Waals surface area contributed by atoms with Gasteiger partial charge in [-0.25, -0.2) is 4.98 Å². The molecule has 3 N–H and O–H groups in total. The molecule has 2 aliphatic rings. The monoisotopic (exact) mass is 557 g/mol. The lowest BCUT2D eigenvalue weighted by atomic mass is 10.1. The van der Waals surface area contributed by atoms with Gasteiger partial charge >= 0.3 is 0 Å². The van der Waals surface area contributed by atoms with Crippen LogP contribution >= 0.6 is 23.2 Å². The molecule has 3 aromatic carbocycles. The lowest BCUT2D eigenvalue weighted by molar-refractivity contribution is 0.102. The molecule has 5 aromatic rings. The molecular weight excluding hydrogens is 533 g/mol. The number of nitrogens with one attached hydrogen (secondary N) is 3. The number of H-pyrrole nitrogens is 1. The number of halogens is 2. The largest absolute Gasteiger partial charge is 0.366 e. The highest BCUT2D eigenvalue weighted by Crippen LogP contribution is 2.31. The molecular formula is C29H25Cl2N7O. The average molecular weight is 558 g/mol. The number of carbonyl (C=O) groups excluding carboxylic acids is 1. The molecule has 2 saturated heterocycles. The molecule has 7 rings (SSSR count). The van der Waals surface area contributed by atoms with Gasteiger partial charge in [-0.05, 0) is 55.0 Å². The quantitative estimate of drug-likeness (QED) is 0.253. The predicted molar refractivity (Wildman–Crippen MR) is 155 cm³/mol. The molecule has 10 heteroatoms. The van der Waals surface area contributed by atoms with E-state index in [4.69, 9.17) is 23.2 Å². The van der Waals surface area contributed by atoms with Crippen LogP contribution in [-0.2, 0) is 6.54 Å². The molecule has 1 amide bonds. The van der Waals surface area contributed by atoms with Gasteiger partial charge in [0, 0.05) is 63.7 Å². The molecule has 2 aromatic heterocycles. The Bertz CT molecular complexity index is 1670. The molecule has 2 bridgehead atoms. The van der Waals surface area contributed by atoms with E-state index >= 15 is 0 Å². The molecule has 39 heavy (non-hydrogen) atoms. The fraction of sp³-hybridized carbons (Fsp3) is 0.207. The summed E-state index contributed by atoms with van der Waals surface area (Å²) >= 11 is 12.8. The molecule has 2 fully saturated rings. The molecule has 0 aliphatic carbocycles. The SMILES string of the molecule is O=C(Nc1cc(-c2ccc3ncn(Cc4c(Cl)cccc4Cl)c3c2)[nH]n1)c1ccc(N2CC3CC2CN3)cc1. The number of hydrogen-bond acceptors (Lipinski definition) is 5. The minimum Gasteiger partial charge on any atom is -0.366 e. The van der Waals surface area contributed by atoms with Crippen LogP contribution in [0.15, 0.2) is 73.1 Å². The molecule has 2 unspecified atom stereocenters. The Labute approximate surface area is 234 Å². The number of anilines is 2. The van der Waals surface area contributed by atoms with Crippen LogP contribution in [0.2, 0.25) is 10.0 Å². The summed E-state index contributed by atoms with van der Waals surface area (Å²) in [6.45, 7) is 2.55. The predicted octanol–water partition coefficient (Wildman–Crippen LogP) is 5.58.